The zero-order valence-corrected chi connectivity index (χ0v) is 8.91. The number of hydrogen-bond acceptors (Lipinski definition) is 2. The minimum absolute atomic E-state index is 0.256. The molecule has 0 atom stereocenters. The van der Waals surface area contributed by atoms with Gasteiger partial charge < -0.3 is 10.5 Å². The highest BCUT2D eigenvalue weighted by atomic mass is 19.1. The third-order valence-electron chi connectivity index (χ3n) is 2.39. The van der Waals surface area contributed by atoms with Crippen LogP contribution < -0.4 is 10.5 Å². The monoisotopic (exact) mass is 217 g/mol. The van der Waals surface area contributed by atoms with Gasteiger partial charge in [-0.05, 0) is 35.4 Å². The van der Waals surface area contributed by atoms with Crippen LogP contribution in [0.4, 0.5) is 10.1 Å². The molecule has 0 radical (unpaired) electrons. The Balaban J connectivity index is 2.48. The Labute approximate surface area is 93.5 Å². The first-order valence-electron chi connectivity index (χ1n) is 4.90. The molecule has 0 spiro atoms. The zero-order valence-electron chi connectivity index (χ0n) is 8.91. The van der Waals surface area contributed by atoms with Crippen LogP contribution in [0.5, 0.6) is 5.75 Å². The number of nitrogens with two attached hydrogens (primary N) is 1. The summed E-state index contributed by atoms with van der Waals surface area (Å²) in [5.74, 6) is 0.343. The molecule has 0 fully saturated rings. The third kappa shape index (κ3) is 1.98. The largest absolute Gasteiger partial charge is 0.495 e. The van der Waals surface area contributed by atoms with Crippen LogP contribution in [-0.2, 0) is 0 Å². The summed E-state index contributed by atoms with van der Waals surface area (Å²) in [6.07, 6.45) is 0. The van der Waals surface area contributed by atoms with Crippen LogP contribution in [-0.4, -0.2) is 7.11 Å². The maximum absolute atomic E-state index is 13.1. The molecule has 2 rings (SSSR count). The summed E-state index contributed by atoms with van der Waals surface area (Å²) in [5, 5.41) is 0. The molecule has 0 aliphatic carbocycles. The minimum atomic E-state index is -0.256. The molecule has 16 heavy (non-hydrogen) atoms. The smallest absolute Gasteiger partial charge is 0.142 e. The summed E-state index contributed by atoms with van der Waals surface area (Å²) in [6, 6.07) is 11.8. The average molecular weight is 217 g/mol. The molecule has 0 bridgehead atoms. The van der Waals surface area contributed by atoms with E-state index in [0.29, 0.717) is 11.4 Å². The van der Waals surface area contributed by atoms with Crippen molar-refractivity contribution in [1.82, 2.24) is 0 Å². The second-order valence-electron chi connectivity index (χ2n) is 3.47. The number of methoxy groups -OCH3 is 1. The van der Waals surface area contributed by atoms with Crippen molar-refractivity contribution in [3.8, 4) is 16.9 Å². The fraction of sp³-hybridized carbons (Fsp3) is 0.0769. The molecular weight excluding hydrogens is 205 g/mol. The number of anilines is 1. The van der Waals surface area contributed by atoms with Crippen molar-refractivity contribution in [2.24, 2.45) is 0 Å². The SMILES string of the molecule is COc1cc(-c2cccc(F)c2)ccc1N. The maximum Gasteiger partial charge on any atom is 0.142 e. The predicted molar refractivity (Wildman–Crippen MR) is 62.8 cm³/mol. The summed E-state index contributed by atoms with van der Waals surface area (Å²) in [6.45, 7) is 0. The lowest BCUT2D eigenvalue weighted by molar-refractivity contribution is 0.417. The van der Waals surface area contributed by atoms with Gasteiger partial charge in [0.1, 0.15) is 11.6 Å². The normalized spacial score (nSPS) is 10.1. The number of halogens is 1. The molecule has 82 valence electrons. The van der Waals surface area contributed by atoms with Gasteiger partial charge in [0, 0.05) is 0 Å². The molecule has 2 N–H and O–H groups in total. The molecule has 0 amide bonds. The fourth-order valence-corrected chi connectivity index (χ4v) is 1.56. The lowest BCUT2D eigenvalue weighted by Crippen LogP contribution is -1.92. The number of ether oxygens (including phenoxy) is 1. The van der Waals surface area contributed by atoms with Crippen molar-refractivity contribution in [2.75, 3.05) is 12.8 Å². The first-order valence-corrected chi connectivity index (χ1v) is 4.90. The van der Waals surface area contributed by atoms with Crippen LogP contribution >= 0.6 is 0 Å². The molecule has 2 aromatic carbocycles. The molecule has 3 heteroatoms. The van der Waals surface area contributed by atoms with E-state index in [1.54, 1.807) is 25.3 Å². The van der Waals surface area contributed by atoms with E-state index in [2.05, 4.69) is 0 Å². The molecule has 2 aromatic rings. The average Bonchev–Trinajstić information content (AvgIpc) is 2.29. The first-order chi connectivity index (χ1) is 7.70. The lowest BCUT2D eigenvalue weighted by atomic mass is 10.0. The quantitative estimate of drug-likeness (QED) is 0.784. The maximum atomic E-state index is 13.1. The van der Waals surface area contributed by atoms with Gasteiger partial charge in [-0.3, -0.25) is 0 Å². The van der Waals surface area contributed by atoms with Crippen molar-refractivity contribution in [2.45, 2.75) is 0 Å². The summed E-state index contributed by atoms with van der Waals surface area (Å²) >= 11 is 0. The van der Waals surface area contributed by atoms with E-state index in [0.717, 1.165) is 11.1 Å². The summed E-state index contributed by atoms with van der Waals surface area (Å²) in [4.78, 5) is 0. The van der Waals surface area contributed by atoms with Crippen LogP contribution in [0, 0.1) is 5.82 Å². The van der Waals surface area contributed by atoms with Crippen molar-refractivity contribution in [3.05, 3.63) is 48.3 Å². The van der Waals surface area contributed by atoms with E-state index in [-0.39, 0.29) is 5.82 Å². The Hall–Kier alpha value is -2.03. The van der Waals surface area contributed by atoms with Crippen LogP contribution in [0.1, 0.15) is 0 Å². The van der Waals surface area contributed by atoms with Crippen molar-refractivity contribution in [1.29, 1.82) is 0 Å². The topological polar surface area (TPSA) is 35.2 Å². The minimum Gasteiger partial charge on any atom is -0.495 e. The molecular formula is C13H12FNO. The number of benzene rings is 2. The van der Waals surface area contributed by atoms with E-state index < -0.39 is 0 Å². The molecule has 0 aliphatic heterocycles. The van der Waals surface area contributed by atoms with Gasteiger partial charge in [-0.15, -0.1) is 0 Å². The van der Waals surface area contributed by atoms with Crippen LogP contribution in [0.25, 0.3) is 11.1 Å². The zero-order chi connectivity index (χ0) is 11.5. The Morgan fingerprint density at radius 3 is 2.50 bits per heavy atom. The second-order valence-corrected chi connectivity index (χ2v) is 3.47. The molecule has 0 saturated heterocycles. The van der Waals surface area contributed by atoms with Crippen molar-refractivity contribution >= 4 is 5.69 Å². The van der Waals surface area contributed by atoms with Gasteiger partial charge >= 0.3 is 0 Å². The van der Waals surface area contributed by atoms with Gasteiger partial charge in [-0.2, -0.15) is 0 Å². The Morgan fingerprint density at radius 2 is 1.81 bits per heavy atom. The molecule has 0 heterocycles. The van der Waals surface area contributed by atoms with E-state index in [1.165, 1.54) is 12.1 Å². The fourth-order valence-electron chi connectivity index (χ4n) is 1.56. The van der Waals surface area contributed by atoms with Gasteiger partial charge in [0.15, 0.2) is 0 Å². The van der Waals surface area contributed by atoms with Crippen LogP contribution in [0.3, 0.4) is 0 Å². The van der Waals surface area contributed by atoms with E-state index in [4.69, 9.17) is 10.5 Å². The highest BCUT2D eigenvalue weighted by molar-refractivity contribution is 5.69. The molecule has 0 saturated carbocycles. The number of nitrogen functional groups attached to an aromatic ring is 1. The summed E-state index contributed by atoms with van der Waals surface area (Å²) in [7, 11) is 1.56. The van der Waals surface area contributed by atoms with Crippen LogP contribution in [0.15, 0.2) is 42.5 Å². The third-order valence-corrected chi connectivity index (χ3v) is 2.39. The number of rotatable bonds is 2. The first kappa shape index (κ1) is 10.5. The second kappa shape index (κ2) is 4.23. The molecule has 0 aromatic heterocycles. The van der Waals surface area contributed by atoms with Crippen molar-refractivity contribution in [3.63, 3.8) is 0 Å². The molecule has 0 aliphatic rings. The van der Waals surface area contributed by atoms with Gasteiger partial charge in [-0.25, -0.2) is 4.39 Å². The van der Waals surface area contributed by atoms with Gasteiger partial charge in [0.25, 0.3) is 0 Å². The standard InChI is InChI=1S/C13H12FNO/c1-16-13-8-10(5-6-12(13)15)9-3-2-4-11(14)7-9/h2-8H,15H2,1H3. The Bertz CT molecular complexity index is 511. The highest BCUT2D eigenvalue weighted by Crippen LogP contribution is 2.28. The van der Waals surface area contributed by atoms with Gasteiger partial charge in [0.2, 0.25) is 0 Å². The molecule has 0 unspecified atom stereocenters. The van der Waals surface area contributed by atoms with E-state index >= 15 is 0 Å². The Morgan fingerprint density at radius 1 is 1.06 bits per heavy atom. The predicted octanol–water partition coefficient (Wildman–Crippen LogP) is 3.08. The van der Waals surface area contributed by atoms with Gasteiger partial charge in [-0.1, -0.05) is 18.2 Å². The van der Waals surface area contributed by atoms with Crippen LogP contribution in [0.2, 0.25) is 0 Å². The summed E-state index contributed by atoms with van der Waals surface area (Å²) in [5.41, 5.74) is 7.96. The Kier molecular flexibility index (Phi) is 2.77. The van der Waals surface area contributed by atoms with Crippen molar-refractivity contribution < 1.29 is 9.13 Å². The molecule has 2 nitrogen and oxygen atoms in total. The lowest BCUT2D eigenvalue weighted by Gasteiger charge is -2.07. The van der Waals surface area contributed by atoms with Gasteiger partial charge in [0.05, 0.1) is 12.8 Å². The number of hydrogen-bond donors (Lipinski definition) is 1. The van der Waals surface area contributed by atoms with E-state index in [9.17, 15) is 4.39 Å². The highest BCUT2D eigenvalue weighted by Gasteiger charge is 2.03. The van der Waals surface area contributed by atoms with E-state index in [1.807, 2.05) is 12.1 Å². The summed E-state index contributed by atoms with van der Waals surface area (Å²) < 4.78 is 18.2.